The first-order valence-corrected chi connectivity index (χ1v) is 20.1. The normalized spacial score (nSPS) is 12.2. The van der Waals surface area contributed by atoms with Crippen molar-refractivity contribution in [2.24, 2.45) is 0 Å². The van der Waals surface area contributed by atoms with Crippen LogP contribution in [0.1, 0.15) is 0 Å². The van der Waals surface area contributed by atoms with Crippen molar-refractivity contribution in [3.05, 3.63) is 176 Å². The summed E-state index contributed by atoms with van der Waals surface area (Å²) >= 11 is 1.84. The molecule has 57 heavy (non-hydrogen) atoms. The molecule has 0 saturated heterocycles. The highest BCUT2D eigenvalue weighted by Gasteiger charge is 2.27. The summed E-state index contributed by atoms with van der Waals surface area (Å²) in [5.41, 5.74) is 9.78. The molecular formula is C52H29N3OS. The smallest absolute Gasteiger partial charge is 0.165 e. The maximum Gasteiger partial charge on any atom is 0.165 e. The molecule has 4 nitrogen and oxygen atoms in total. The van der Waals surface area contributed by atoms with Gasteiger partial charge in [-0.25, -0.2) is 9.97 Å². The van der Waals surface area contributed by atoms with Crippen LogP contribution in [0.15, 0.2) is 180 Å². The fourth-order valence-electron chi connectivity index (χ4n) is 9.34. The summed E-state index contributed by atoms with van der Waals surface area (Å²) in [5.74, 6) is 0.773. The van der Waals surface area contributed by atoms with E-state index in [2.05, 4.69) is 168 Å². The van der Waals surface area contributed by atoms with Crippen LogP contribution in [0.25, 0.3) is 125 Å². The molecule has 13 rings (SSSR count). The van der Waals surface area contributed by atoms with E-state index in [1.54, 1.807) is 0 Å². The van der Waals surface area contributed by atoms with Gasteiger partial charge in [-0.05, 0) is 56.9 Å². The Kier molecular flexibility index (Phi) is 6.29. The largest absolute Gasteiger partial charge is 0.454 e. The third kappa shape index (κ3) is 4.26. The van der Waals surface area contributed by atoms with Gasteiger partial charge in [0.15, 0.2) is 11.4 Å². The number of thiophene rings is 1. The third-order valence-corrected chi connectivity index (χ3v) is 13.1. The molecule has 0 radical (unpaired) electrons. The second kappa shape index (κ2) is 11.6. The zero-order valence-electron chi connectivity index (χ0n) is 30.4. The Balaban J connectivity index is 1.22. The Hall–Kier alpha value is -7.34. The maximum atomic E-state index is 7.11. The average Bonchev–Trinajstić information content (AvgIpc) is 3.97. The summed E-state index contributed by atoms with van der Waals surface area (Å²) in [6, 6.07) is 62.6. The van der Waals surface area contributed by atoms with Crippen LogP contribution >= 0.6 is 11.3 Å². The molecule has 13 aromatic rings. The minimum absolute atomic E-state index is 0.773. The number of para-hydroxylation sites is 3. The fourth-order valence-corrected chi connectivity index (χ4v) is 10.7. The van der Waals surface area contributed by atoms with Crippen LogP contribution in [0.5, 0.6) is 0 Å². The van der Waals surface area contributed by atoms with Gasteiger partial charge in [0, 0.05) is 47.3 Å². The molecule has 0 fully saturated rings. The number of fused-ring (bicyclic) bond motifs is 16. The van der Waals surface area contributed by atoms with Crippen molar-refractivity contribution in [1.82, 2.24) is 14.5 Å². The van der Waals surface area contributed by atoms with Gasteiger partial charge in [0.05, 0.1) is 22.1 Å². The van der Waals surface area contributed by atoms with Crippen molar-refractivity contribution < 1.29 is 4.42 Å². The van der Waals surface area contributed by atoms with Gasteiger partial charge in [0.2, 0.25) is 0 Å². The van der Waals surface area contributed by atoms with Gasteiger partial charge in [-0.1, -0.05) is 152 Å². The lowest BCUT2D eigenvalue weighted by molar-refractivity contribution is 0.671. The van der Waals surface area contributed by atoms with E-state index < -0.39 is 0 Å². The van der Waals surface area contributed by atoms with Crippen LogP contribution < -0.4 is 0 Å². The second-order valence-corrected chi connectivity index (χ2v) is 15.8. The minimum atomic E-state index is 0.773. The van der Waals surface area contributed by atoms with Gasteiger partial charge < -0.3 is 4.42 Å². The summed E-state index contributed by atoms with van der Waals surface area (Å²) < 4.78 is 11.9. The maximum absolute atomic E-state index is 7.11. The summed E-state index contributed by atoms with van der Waals surface area (Å²) in [5, 5.41) is 11.7. The lowest BCUT2D eigenvalue weighted by Crippen LogP contribution is -2.04. The molecule has 0 bridgehead atoms. The lowest BCUT2D eigenvalue weighted by atomic mass is 9.96. The van der Waals surface area contributed by atoms with E-state index in [4.69, 9.17) is 14.4 Å². The molecule has 5 heteroatoms. The molecule has 0 aliphatic carbocycles. The number of hydrogen-bond acceptors (Lipinski definition) is 4. The molecule has 0 amide bonds. The van der Waals surface area contributed by atoms with Gasteiger partial charge in [0.1, 0.15) is 11.3 Å². The predicted octanol–water partition coefficient (Wildman–Crippen LogP) is 14.6. The van der Waals surface area contributed by atoms with Crippen LogP contribution in [0.3, 0.4) is 0 Å². The van der Waals surface area contributed by atoms with Crippen molar-refractivity contribution in [3.8, 4) is 28.2 Å². The van der Waals surface area contributed by atoms with Gasteiger partial charge in [-0.2, -0.15) is 0 Å². The molecule has 0 spiro atoms. The molecule has 0 aliphatic heterocycles. The molecule has 4 aromatic heterocycles. The van der Waals surface area contributed by atoms with Crippen LogP contribution in [-0.4, -0.2) is 14.5 Å². The number of benzene rings is 9. The zero-order chi connectivity index (χ0) is 37.2. The Bertz CT molecular complexity index is 3820. The molecule has 264 valence electrons. The highest BCUT2D eigenvalue weighted by Crippen LogP contribution is 2.49. The summed E-state index contributed by atoms with van der Waals surface area (Å²) in [4.78, 5) is 11.1. The fraction of sp³-hybridized carbons (Fsp3) is 0. The minimum Gasteiger partial charge on any atom is -0.454 e. The summed E-state index contributed by atoms with van der Waals surface area (Å²) in [6.45, 7) is 0. The first kappa shape index (κ1) is 30.9. The monoisotopic (exact) mass is 743 g/mol. The Morgan fingerprint density at radius 3 is 1.86 bits per heavy atom. The second-order valence-electron chi connectivity index (χ2n) is 14.8. The third-order valence-electron chi connectivity index (χ3n) is 11.8. The van der Waals surface area contributed by atoms with Crippen LogP contribution in [0.4, 0.5) is 0 Å². The van der Waals surface area contributed by atoms with Crippen LogP contribution in [-0.2, 0) is 0 Å². The first-order valence-electron chi connectivity index (χ1n) is 19.3. The molecule has 9 aromatic carbocycles. The number of aromatic nitrogens is 3. The van der Waals surface area contributed by atoms with Crippen molar-refractivity contribution in [2.45, 2.75) is 0 Å². The Labute approximate surface area is 329 Å². The van der Waals surface area contributed by atoms with E-state index in [1.807, 2.05) is 23.5 Å². The molecular weight excluding hydrogens is 715 g/mol. The number of hydrogen-bond donors (Lipinski definition) is 0. The van der Waals surface area contributed by atoms with Crippen molar-refractivity contribution in [1.29, 1.82) is 0 Å². The quantitative estimate of drug-likeness (QED) is 0.181. The van der Waals surface area contributed by atoms with Gasteiger partial charge in [0.25, 0.3) is 0 Å². The zero-order valence-corrected chi connectivity index (χ0v) is 31.2. The highest BCUT2D eigenvalue weighted by atomic mass is 32.1. The Morgan fingerprint density at radius 1 is 0.439 bits per heavy atom. The lowest BCUT2D eigenvalue weighted by Gasteiger charge is -2.14. The van der Waals surface area contributed by atoms with Gasteiger partial charge in [-0.3, -0.25) is 4.57 Å². The number of furan rings is 1. The first-order chi connectivity index (χ1) is 28.3. The SMILES string of the molecule is c1ccc(-c2cccc3c2sc2c(-c4nc5ccccc5nc4-n4c5ccccc5c5c6ccccc6c6c(oc7ccc8ccccc8c76)c54)cccc23)cc1. The molecule has 0 aliphatic rings. The molecule has 0 atom stereocenters. The number of nitrogens with zero attached hydrogens (tertiary/aromatic N) is 3. The highest BCUT2D eigenvalue weighted by molar-refractivity contribution is 7.26. The van der Waals surface area contributed by atoms with Gasteiger partial charge in [-0.15, -0.1) is 11.3 Å². The van der Waals surface area contributed by atoms with E-state index in [-0.39, 0.29) is 0 Å². The summed E-state index contributed by atoms with van der Waals surface area (Å²) in [6.07, 6.45) is 0. The topological polar surface area (TPSA) is 43.9 Å². The molecule has 0 N–H and O–H groups in total. The van der Waals surface area contributed by atoms with E-state index in [0.29, 0.717) is 0 Å². The van der Waals surface area contributed by atoms with Gasteiger partial charge >= 0.3 is 0 Å². The molecule has 4 heterocycles. The van der Waals surface area contributed by atoms with Crippen LogP contribution in [0.2, 0.25) is 0 Å². The van der Waals surface area contributed by atoms with E-state index >= 15 is 0 Å². The summed E-state index contributed by atoms with van der Waals surface area (Å²) in [7, 11) is 0. The molecule has 0 unspecified atom stereocenters. The van der Waals surface area contributed by atoms with E-state index in [1.165, 1.54) is 52.8 Å². The average molecular weight is 744 g/mol. The van der Waals surface area contributed by atoms with Crippen LogP contribution in [0, 0.1) is 0 Å². The standard InChI is InChI=1S/C52H29N3OS/c1-2-14-30(15-3-1)33-21-12-22-36-37-23-13-24-39(51(37)57-50(33)36)47-52(54-41-26-10-9-25-40(41)53-47)55-42-27-11-8-20-38(42)44-34-18-6-7-19-35(34)46-45-32-17-5-4-16-31(32)28-29-43(45)56-49(46)48(44)55/h1-29H. The number of rotatable bonds is 3. The van der Waals surface area contributed by atoms with E-state index in [9.17, 15) is 0 Å². The van der Waals surface area contributed by atoms with Crippen molar-refractivity contribution >= 4 is 108 Å². The van der Waals surface area contributed by atoms with Crippen molar-refractivity contribution in [2.75, 3.05) is 0 Å². The molecule has 0 saturated carbocycles. The van der Waals surface area contributed by atoms with Crippen molar-refractivity contribution in [3.63, 3.8) is 0 Å². The Morgan fingerprint density at radius 2 is 1.05 bits per heavy atom. The predicted molar refractivity (Wildman–Crippen MR) is 240 cm³/mol. The van der Waals surface area contributed by atoms with E-state index in [0.717, 1.165) is 71.9 Å².